The number of nitrogens with zero attached hydrogens (tertiary/aromatic N) is 3. The van der Waals surface area contributed by atoms with Crippen LogP contribution in [0, 0.1) is 13.8 Å². The molecule has 0 saturated heterocycles. The fraction of sp³-hybridized carbons (Fsp3) is 0.333. The molecular formula is C15H18ClN3O2. The molecule has 21 heavy (non-hydrogen) atoms. The molecule has 0 spiro atoms. The van der Waals surface area contributed by atoms with Gasteiger partial charge in [-0.25, -0.2) is 0 Å². The molecule has 0 saturated carbocycles. The number of ether oxygens (including phenoxy) is 1. The van der Waals surface area contributed by atoms with Gasteiger partial charge in [0, 0.05) is 18.2 Å². The third-order valence-electron chi connectivity index (χ3n) is 3.32. The molecular weight excluding hydrogens is 290 g/mol. The standard InChI is InChI=1S/C15H18ClN3O2/c1-9-5-6-14(12(7-9)11(3)18-20)21-8-13-10(2)17-19(4)15(13)16/h5-7,20H,8H2,1-4H3/b18-11-. The number of halogens is 1. The summed E-state index contributed by atoms with van der Waals surface area (Å²) in [6.45, 7) is 5.90. The van der Waals surface area contributed by atoms with Crippen LogP contribution in [0.15, 0.2) is 23.4 Å². The summed E-state index contributed by atoms with van der Waals surface area (Å²) in [6, 6.07) is 5.72. The Hall–Kier alpha value is -2.01. The van der Waals surface area contributed by atoms with Gasteiger partial charge in [0.2, 0.25) is 0 Å². The Labute approximate surface area is 128 Å². The maximum Gasteiger partial charge on any atom is 0.133 e. The van der Waals surface area contributed by atoms with E-state index in [0.29, 0.717) is 23.2 Å². The normalized spacial score (nSPS) is 11.8. The van der Waals surface area contributed by atoms with Crippen molar-refractivity contribution >= 4 is 17.3 Å². The van der Waals surface area contributed by atoms with Crippen molar-refractivity contribution in [1.82, 2.24) is 9.78 Å². The van der Waals surface area contributed by atoms with Gasteiger partial charge in [-0.3, -0.25) is 4.68 Å². The first kappa shape index (κ1) is 15.4. The molecule has 0 fully saturated rings. The average molecular weight is 308 g/mol. The predicted octanol–water partition coefficient (Wildman–Crippen LogP) is 3.47. The smallest absolute Gasteiger partial charge is 0.133 e. The van der Waals surface area contributed by atoms with Gasteiger partial charge in [0.05, 0.1) is 11.4 Å². The van der Waals surface area contributed by atoms with Gasteiger partial charge in [-0.15, -0.1) is 0 Å². The van der Waals surface area contributed by atoms with Crippen LogP contribution in [0.25, 0.3) is 0 Å². The van der Waals surface area contributed by atoms with Crippen molar-refractivity contribution in [2.45, 2.75) is 27.4 Å². The molecule has 0 atom stereocenters. The molecule has 0 aliphatic rings. The number of hydrogen-bond donors (Lipinski definition) is 1. The van der Waals surface area contributed by atoms with E-state index in [-0.39, 0.29) is 0 Å². The van der Waals surface area contributed by atoms with E-state index in [4.69, 9.17) is 21.5 Å². The van der Waals surface area contributed by atoms with Gasteiger partial charge in [-0.05, 0) is 32.9 Å². The van der Waals surface area contributed by atoms with Gasteiger partial charge in [-0.2, -0.15) is 5.10 Å². The van der Waals surface area contributed by atoms with Gasteiger partial charge in [0.15, 0.2) is 0 Å². The summed E-state index contributed by atoms with van der Waals surface area (Å²) in [7, 11) is 1.79. The highest BCUT2D eigenvalue weighted by molar-refractivity contribution is 6.30. The summed E-state index contributed by atoms with van der Waals surface area (Å²) >= 11 is 6.19. The maximum absolute atomic E-state index is 8.98. The number of benzene rings is 1. The Morgan fingerprint density at radius 3 is 2.71 bits per heavy atom. The quantitative estimate of drug-likeness (QED) is 0.534. The molecule has 0 aliphatic heterocycles. The highest BCUT2D eigenvalue weighted by atomic mass is 35.5. The minimum Gasteiger partial charge on any atom is -0.488 e. The summed E-state index contributed by atoms with van der Waals surface area (Å²) in [5.74, 6) is 0.648. The van der Waals surface area contributed by atoms with Crippen LogP contribution in [0.3, 0.4) is 0 Å². The third kappa shape index (κ3) is 3.19. The van der Waals surface area contributed by atoms with Crippen molar-refractivity contribution in [2.24, 2.45) is 12.2 Å². The van der Waals surface area contributed by atoms with E-state index in [1.54, 1.807) is 18.7 Å². The Kier molecular flexibility index (Phi) is 4.53. The van der Waals surface area contributed by atoms with Crippen molar-refractivity contribution < 1.29 is 9.94 Å². The lowest BCUT2D eigenvalue weighted by atomic mass is 10.1. The van der Waals surface area contributed by atoms with Gasteiger partial charge in [0.1, 0.15) is 17.5 Å². The summed E-state index contributed by atoms with van der Waals surface area (Å²) < 4.78 is 7.46. The number of hydrogen-bond acceptors (Lipinski definition) is 4. The Morgan fingerprint density at radius 1 is 1.43 bits per heavy atom. The molecule has 0 bridgehead atoms. The molecule has 1 N–H and O–H groups in total. The van der Waals surface area contributed by atoms with Gasteiger partial charge in [0.25, 0.3) is 0 Å². The molecule has 0 amide bonds. The van der Waals surface area contributed by atoms with Crippen LogP contribution >= 0.6 is 11.6 Å². The van der Waals surface area contributed by atoms with Crippen LogP contribution in [0.4, 0.5) is 0 Å². The van der Waals surface area contributed by atoms with E-state index in [9.17, 15) is 0 Å². The van der Waals surface area contributed by atoms with Crippen LogP contribution in [-0.4, -0.2) is 20.7 Å². The molecule has 0 radical (unpaired) electrons. The second kappa shape index (κ2) is 6.18. The van der Waals surface area contributed by atoms with Gasteiger partial charge < -0.3 is 9.94 Å². The van der Waals surface area contributed by atoms with E-state index in [2.05, 4.69) is 10.3 Å². The van der Waals surface area contributed by atoms with Crippen LogP contribution in [0.1, 0.15) is 29.3 Å². The molecule has 2 aromatic rings. The highest BCUT2D eigenvalue weighted by Gasteiger charge is 2.14. The first-order chi connectivity index (χ1) is 9.93. The number of aryl methyl sites for hydroxylation is 3. The second-order valence-electron chi connectivity index (χ2n) is 4.95. The van der Waals surface area contributed by atoms with Crippen LogP contribution < -0.4 is 4.74 Å². The lowest BCUT2D eigenvalue weighted by Crippen LogP contribution is -2.04. The largest absolute Gasteiger partial charge is 0.488 e. The lowest BCUT2D eigenvalue weighted by Gasteiger charge is -2.11. The summed E-state index contributed by atoms with van der Waals surface area (Å²) in [5, 5.41) is 17.0. The van der Waals surface area contributed by atoms with Gasteiger partial charge in [-0.1, -0.05) is 28.4 Å². The molecule has 1 aromatic carbocycles. The number of rotatable bonds is 4. The topological polar surface area (TPSA) is 59.6 Å². The second-order valence-corrected chi connectivity index (χ2v) is 5.31. The zero-order valence-electron chi connectivity index (χ0n) is 12.5. The minimum atomic E-state index is 0.313. The van der Waals surface area contributed by atoms with E-state index >= 15 is 0 Å². The fourth-order valence-electron chi connectivity index (χ4n) is 2.09. The monoisotopic (exact) mass is 307 g/mol. The van der Waals surface area contributed by atoms with E-state index in [0.717, 1.165) is 22.4 Å². The Bertz CT molecular complexity index is 692. The van der Waals surface area contributed by atoms with Crippen LogP contribution in [0.2, 0.25) is 5.15 Å². The summed E-state index contributed by atoms with van der Waals surface area (Å²) in [4.78, 5) is 0. The molecule has 2 rings (SSSR count). The zero-order valence-corrected chi connectivity index (χ0v) is 13.3. The zero-order chi connectivity index (χ0) is 15.6. The average Bonchev–Trinajstić information content (AvgIpc) is 2.70. The van der Waals surface area contributed by atoms with Crippen LogP contribution in [0.5, 0.6) is 5.75 Å². The highest BCUT2D eigenvalue weighted by Crippen LogP contribution is 2.25. The van der Waals surface area contributed by atoms with Crippen molar-refractivity contribution in [3.63, 3.8) is 0 Å². The molecule has 1 heterocycles. The van der Waals surface area contributed by atoms with Crippen molar-refractivity contribution in [3.8, 4) is 5.75 Å². The molecule has 1 aromatic heterocycles. The summed E-state index contributed by atoms with van der Waals surface area (Å²) in [5.41, 5.74) is 4.02. The molecule has 112 valence electrons. The van der Waals surface area contributed by atoms with Crippen molar-refractivity contribution in [1.29, 1.82) is 0 Å². The first-order valence-corrected chi connectivity index (χ1v) is 6.92. The number of aromatic nitrogens is 2. The van der Waals surface area contributed by atoms with Crippen LogP contribution in [-0.2, 0) is 13.7 Å². The van der Waals surface area contributed by atoms with Crippen molar-refractivity contribution in [2.75, 3.05) is 0 Å². The van der Waals surface area contributed by atoms with Gasteiger partial charge >= 0.3 is 0 Å². The lowest BCUT2D eigenvalue weighted by molar-refractivity contribution is 0.302. The number of oxime groups is 1. The Balaban J connectivity index is 2.28. The molecule has 0 unspecified atom stereocenters. The van der Waals surface area contributed by atoms with E-state index in [1.807, 2.05) is 32.0 Å². The maximum atomic E-state index is 8.98. The van der Waals surface area contributed by atoms with E-state index in [1.165, 1.54) is 0 Å². The Morgan fingerprint density at radius 2 is 2.14 bits per heavy atom. The van der Waals surface area contributed by atoms with E-state index < -0.39 is 0 Å². The predicted molar refractivity (Wildman–Crippen MR) is 82.5 cm³/mol. The molecule has 6 heteroatoms. The third-order valence-corrected chi connectivity index (χ3v) is 3.79. The fourth-order valence-corrected chi connectivity index (χ4v) is 2.32. The molecule has 0 aliphatic carbocycles. The minimum absolute atomic E-state index is 0.313. The molecule has 5 nitrogen and oxygen atoms in total. The summed E-state index contributed by atoms with van der Waals surface area (Å²) in [6.07, 6.45) is 0. The first-order valence-electron chi connectivity index (χ1n) is 6.54. The van der Waals surface area contributed by atoms with Crippen molar-refractivity contribution in [3.05, 3.63) is 45.7 Å². The SMILES string of the molecule is C/C(=N/O)c1cc(C)ccc1OCc1c(C)nn(C)c1Cl.